The van der Waals surface area contributed by atoms with Gasteiger partial charge in [-0.15, -0.1) is 0 Å². The molecule has 1 aliphatic rings. The number of benzene rings is 1. The van der Waals surface area contributed by atoms with Crippen LogP contribution in [0, 0.1) is 5.82 Å². The molecule has 0 atom stereocenters. The molecule has 1 aromatic heterocycles. The lowest BCUT2D eigenvalue weighted by molar-refractivity contribution is 0.0741. The third-order valence-electron chi connectivity index (χ3n) is 3.70. The minimum absolute atomic E-state index is 0.112. The molecule has 1 fully saturated rings. The summed E-state index contributed by atoms with van der Waals surface area (Å²) in [5, 5.41) is 0. The second-order valence-corrected chi connectivity index (χ2v) is 6.01. The summed E-state index contributed by atoms with van der Waals surface area (Å²) in [6, 6.07) is 10.2. The number of rotatable bonds is 2. The number of aromatic nitrogens is 1. The summed E-state index contributed by atoms with van der Waals surface area (Å²) in [5.74, 6) is 0.156. The van der Waals surface area contributed by atoms with Crippen molar-refractivity contribution in [3.05, 3.63) is 58.4 Å². The largest absolute Gasteiger partial charge is 0.353 e. The van der Waals surface area contributed by atoms with E-state index in [2.05, 4.69) is 25.8 Å². The maximum atomic E-state index is 13.8. The fourth-order valence-corrected chi connectivity index (χ4v) is 2.87. The fourth-order valence-electron chi connectivity index (χ4n) is 2.51. The predicted octanol–water partition coefficient (Wildman–Crippen LogP) is 2.95. The summed E-state index contributed by atoms with van der Waals surface area (Å²) in [6.45, 7) is 2.50. The van der Waals surface area contributed by atoms with Gasteiger partial charge in [0.2, 0.25) is 0 Å². The average Bonchev–Trinajstić information content (AvgIpc) is 2.57. The highest BCUT2D eigenvalue weighted by atomic mass is 79.9. The topological polar surface area (TPSA) is 36.4 Å². The van der Waals surface area contributed by atoms with Crippen molar-refractivity contribution in [1.82, 2.24) is 9.88 Å². The van der Waals surface area contributed by atoms with Gasteiger partial charge >= 0.3 is 0 Å². The number of hydrogen-bond donors (Lipinski definition) is 0. The Hall–Kier alpha value is -1.95. The minimum atomic E-state index is -0.486. The lowest BCUT2D eigenvalue weighted by atomic mass is 10.1. The molecule has 3 rings (SSSR count). The summed E-state index contributed by atoms with van der Waals surface area (Å²) in [7, 11) is 0. The van der Waals surface area contributed by atoms with Crippen molar-refractivity contribution in [2.24, 2.45) is 0 Å². The van der Waals surface area contributed by atoms with Gasteiger partial charge in [-0.1, -0.05) is 22.0 Å². The maximum absolute atomic E-state index is 13.8. The lowest BCUT2D eigenvalue weighted by Gasteiger charge is -2.35. The van der Waals surface area contributed by atoms with E-state index in [1.54, 1.807) is 17.2 Å². The fraction of sp³-hybridized carbons (Fsp3) is 0.250. The normalized spacial score (nSPS) is 15.0. The SMILES string of the molecule is O=C(c1cc(Br)ccc1F)N1CCN(c2ccccn2)CC1. The van der Waals surface area contributed by atoms with Crippen LogP contribution in [0.25, 0.3) is 0 Å². The molecule has 0 spiro atoms. The van der Waals surface area contributed by atoms with E-state index >= 15 is 0 Å². The van der Waals surface area contributed by atoms with Crippen LogP contribution in [0.3, 0.4) is 0 Å². The Bertz CT molecular complexity index is 672. The van der Waals surface area contributed by atoms with Crippen LogP contribution in [0.15, 0.2) is 47.1 Å². The van der Waals surface area contributed by atoms with Gasteiger partial charge in [0.1, 0.15) is 11.6 Å². The molecule has 1 saturated heterocycles. The lowest BCUT2D eigenvalue weighted by Crippen LogP contribution is -2.49. The van der Waals surface area contributed by atoms with Gasteiger partial charge in [0.05, 0.1) is 5.56 Å². The van der Waals surface area contributed by atoms with Crippen molar-refractivity contribution < 1.29 is 9.18 Å². The number of pyridine rings is 1. The van der Waals surface area contributed by atoms with E-state index in [0.29, 0.717) is 30.7 Å². The smallest absolute Gasteiger partial charge is 0.256 e. The molecule has 2 heterocycles. The molecular weight excluding hydrogens is 349 g/mol. The van der Waals surface area contributed by atoms with Gasteiger partial charge in [-0.05, 0) is 30.3 Å². The molecule has 114 valence electrons. The number of amides is 1. The Labute approximate surface area is 136 Å². The zero-order valence-corrected chi connectivity index (χ0v) is 13.5. The number of piperazine rings is 1. The van der Waals surface area contributed by atoms with Gasteiger partial charge in [-0.2, -0.15) is 0 Å². The molecule has 0 saturated carbocycles. The summed E-state index contributed by atoms with van der Waals surface area (Å²) >= 11 is 3.27. The number of hydrogen-bond acceptors (Lipinski definition) is 3. The summed E-state index contributed by atoms with van der Waals surface area (Å²) < 4.78 is 14.5. The van der Waals surface area contributed by atoms with E-state index in [-0.39, 0.29) is 11.5 Å². The van der Waals surface area contributed by atoms with Crippen molar-refractivity contribution in [3.63, 3.8) is 0 Å². The molecule has 1 aliphatic heterocycles. The zero-order valence-electron chi connectivity index (χ0n) is 11.9. The standard InChI is InChI=1S/C16H15BrFN3O/c17-12-4-5-14(18)13(11-12)16(22)21-9-7-20(8-10-21)15-3-1-2-6-19-15/h1-6,11H,7-10H2. The number of carbonyl (C=O) groups excluding carboxylic acids is 1. The molecule has 0 radical (unpaired) electrons. The first-order valence-corrected chi connectivity index (χ1v) is 7.85. The van der Waals surface area contributed by atoms with E-state index in [1.165, 1.54) is 12.1 Å². The van der Waals surface area contributed by atoms with Crippen molar-refractivity contribution in [2.75, 3.05) is 31.1 Å². The van der Waals surface area contributed by atoms with Crippen LogP contribution in [0.5, 0.6) is 0 Å². The Morgan fingerprint density at radius 3 is 2.59 bits per heavy atom. The number of halogens is 2. The molecule has 0 bridgehead atoms. The molecule has 1 aromatic carbocycles. The van der Waals surface area contributed by atoms with Crippen LogP contribution in [0.4, 0.5) is 10.2 Å². The monoisotopic (exact) mass is 363 g/mol. The molecule has 0 N–H and O–H groups in total. The zero-order chi connectivity index (χ0) is 15.5. The van der Waals surface area contributed by atoms with Crippen molar-refractivity contribution in [1.29, 1.82) is 0 Å². The molecule has 0 unspecified atom stereocenters. The van der Waals surface area contributed by atoms with Gasteiger partial charge in [0.15, 0.2) is 0 Å². The van der Waals surface area contributed by atoms with Crippen molar-refractivity contribution in [2.45, 2.75) is 0 Å². The van der Waals surface area contributed by atoms with Crippen LogP contribution in [-0.2, 0) is 0 Å². The third kappa shape index (κ3) is 3.11. The van der Waals surface area contributed by atoms with Gasteiger partial charge in [-0.3, -0.25) is 4.79 Å². The molecule has 1 amide bonds. The first-order valence-electron chi connectivity index (χ1n) is 7.05. The highest BCUT2D eigenvalue weighted by molar-refractivity contribution is 9.10. The third-order valence-corrected chi connectivity index (χ3v) is 4.19. The van der Waals surface area contributed by atoms with Crippen LogP contribution < -0.4 is 4.90 Å². The first-order chi connectivity index (χ1) is 10.6. The highest BCUT2D eigenvalue weighted by Gasteiger charge is 2.24. The van der Waals surface area contributed by atoms with E-state index < -0.39 is 5.82 Å². The number of anilines is 1. The van der Waals surface area contributed by atoms with Gasteiger partial charge in [0.25, 0.3) is 5.91 Å². The molecule has 4 nitrogen and oxygen atoms in total. The molecule has 6 heteroatoms. The van der Waals surface area contributed by atoms with Gasteiger partial charge < -0.3 is 9.80 Å². The Morgan fingerprint density at radius 2 is 1.91 bits per heavy atom. The Kier molecular flexibility index (Phi) is 4.38. The predicted molar refractivity (Wildman–Crippen MR) is 86.5 cm³/mol. The summed E-state index contributed by atoms with van der Waals surface area (Å²) in [5.41, 5.74) is 0.112. The quantitative estimate of drug-likeness (QED) is 0.822. The number of nitrogens with zero attached hydrogens (tertiary/aromatic N) is 3. The van der Waals surface area contributed by atoms with Crippen LogP contribution in [0.1, 0.15) is 10.4 Å². The van der Waals surface area contributed by atoms with Crippen LogP contribution >= 0.6 is 15.9 Å². The first kappa shape index (κ1) is 15.0. The minimum Gasteiger partial charge on any atom is -0.353 e. The van der Waals surface area contributed by atoms with E-state index in [0.717, 1.165) is 5.82 Å². The maximum Gasteiger partial charge on any atom is 0.256 e. The van der Waals surface area contributed by atoms with Crippen LogP contribution in [0.2, 0.25) is 0 Å². The van der Waals surface area contributed by atoms with E-state index in [9.17, 15) is 9.18 Å². The molecule has 2 aromatic rings. The Balaban J connectivity index is 1.68. The summed E-state index contributed by atoms with van der Waals surface area (Å²) in [4.78, 5) is 20.6. The second kappa shape index (κ2) is 6.44. The molecular formula is C16H15BrFN3O. The average molecular weight is 364 g/mol. The summed E-state index contributed by atoms with van der Waals surface area (Å²) in [6.07, 6.45) is 1.75. The molecule has 0 aliphatic carbocycles. The number of carbonyl (C=O) groups is 1. The van der Waals surface area contributed by atoms with Gasteiger partial charge in [0, 0.05) is 36.8 Å². The highest BCUT2D eigenvalue weighted by Crippen LogP contribution is 2.19. The van der Waals surface area contributed by atoms with Crippen LogP contribution in [-0.4, -0.2) is 42.0 Å². The second-order valence-electron chi connectivity index (χ2n) is 5.09. The Morgan fingerprint density at radius 1 is 1.14 bits per heavy atom. The molecule has 22 heavy (non-hydrogen) atoms. The van der Waals surface area contributed by atoms with E-state index in [1.807, 2.05) is 18.2 Å². The van der Waals surface area contributed by atoms with Gasteiger partial charge in [-0.25, -0.2) is 9.37 Å². The van der Waals surface area contributed by atoms with Crippen molar-refractivity contribution in [3.8, 4) is 0 Å². The van der Waals surface area contributed by atoms with E-state index in [4.69, 9.17) is 0 Å². The van der Waals surface area contributed by atoms with Crippen molar-refractivity contribution >= 4 is 27.7 Å².